The van der Waals surface area contributed by atoms with Crippen molar-refractivity contribution in [1.29, 1.82) is 0 Å². The summed E-state index contributed by atoms with van der Waals surface area (Å²) in [6.45, 7) is 4.39. The lowest BCUT2D eigenvalue weighted by Crippen LogP contribution is -1.95. The van der Waals surface area contributed by atoms with E-state index in [4.69, 9.17) is 5.11 Å². The lowest BCUT2D eigenvalue weighted by Gasteiger charge is -2.10. The van der Waals surface area contributed by atoms with Crippen molar-refractivity contribution < 1.29 is 10.2 Å². The molecule has 0 saturated carbocycles. The first-order valence-electron chi connectivity index (χ1n) is 6.58. The molecule has 0 radical (unpaired) electrons. The van der Waals surface area contributed by atoms with Crippen molar-refractivity contribution in [3.05, 3.63) is 29.3 Å². The molecule has 2 nitrogen and oxygen atoms in total. The fourth-order valence-electron chi connectivity index (χ4n) is 1.86. The van der Waals surface area contributed by atoms with Crippen molar-refractivity contribution in [1.82, 2.24) is 0 Å². The van der Waals surface area contributed by atoms with Crippen molar-refractivity contribution in [2.24, 2.45) is 0 Å². The maximum Gasteiger partial charge on any atom is 0.142 e. The van der Waals surface area contributed by atoms with Crippen LogP contribution in [0.1, 0.15) is 50.7 Å². The van der Waals surface area contributed by atoms with Crippen LogP contribution in [0.2, 0.25) is 0 Å². The Labute approximate surface area is 116 Å². The van der Waals surface area contributed by atoms with Gasteiger partial charge in [-0.25, -0.2) is 0 Å². The minimum atomic E-state index is 0.483. The van der Waals surface area contributed by atoms with Gasteiger partial charge in [-0.2, -0.15) is 0 Å². The van der Waals surface area contributed by atoms with Gasteiger partial charge in [0, 0.05) is 0 Å². The first-order chi connectivity index (χ1) is 8.71. The van der Waals surface area contributed by atoms with Crippen LogP contribution in [-0.2, 0) is 12.8 Å². The average molecular weight is 268 g/mol. The van der Waals surface area contributed by atoms with E-state index in [2.05, 4.69) is 32.1 Å². The van der Waals surface area contributed by atoms with Crippen molar-refractivity contribution in [3.8, 4) is 5.75 Å². The normalized spacial score (nSPS) is 9.44. The first-order valence-corrected chi connectivity index (χ1v) is 7.05. The molecule has 0 aliphatic rings. The summed E-state index contributed by atoms with van der Waals surface area (Å²) in [4.78, 5) is 0. The van der Waals surface area contributed by atoms with E-state index >= 15 is 0 Å². The van der Waals surface area contributed by atoms with Gasteiger partial charge >= 0.3 is 0 Å². The summed E-state index contributed by atoms with van der Waals surface area (Å²) >= 11 is 3.82. The molecule has 0 aliphatic carbocycles. The molecular formula is C15H24O2S. The van der Waals surface area contributed by atoms with Crippen LogP contribution in [0, 0.1) is 0 Å². The standard InChI is InChI=1S/C14H22O.CH2OS/c1-3-5-8-12-9-7-11-14(15)13(12)10-6-4-2;2-1-3/h7,9,11,15H,3-6,8,10H2,1-2H3;1H,(H,2,3). The maximum absolute atomic E-state index is 9.82. The lowest BCUT2D eigenvalue weighted by atomic mass is 9.97. The third kappa shape index (κ3) is 6.60. The van der Waals surface area contributed by atoms with Crippen LogP contribution in [0.4, 0.5) is 0 Å². The molecule has 0 heterocycles. The van der Waals surface area contributed by atoms with Crippen LogP contribution < -0.4 is 0 Å². The second-order valence-electron chi connectivity index (χ2n) is 4.23. The summed E-state index contributed by atoms with van der Waals surface area (Å²) in [5.41, 5.74) is 3.10. The van der Waals surface area contributed by atoms with Gasteiger partial charge in [0.15, 0.2) is 0 Å². The van der Waals surface area contributed by atoms with E-state index in [0.29, 0.717) is 11.3 Å². The van der Waals surface area contributed by atoms with Crippen LogP contribution >= 0.6 is 12.2 Å². The molecule has 0 spiro atoms. The molecule has 3 heteroatoms. The second kappa shape index (κ2) is 11.0. The molecular weight excluding hydrogens is 244 g/mol. The van der Waals surface area contributed by atoms with Crippen LogP contribution in [0.3, 0.4) is 0 Å². The number of aromatic hydroxyl groups is 1. The smallest absolute Gasteiger partial charge is 0.142 e. The highest BCUT2D eigenvalue weighted by molar-refractivity contribution is 7.78. The number of benzene rings is 1. The van der Waals surface area contributed by atoms with Gasteiger partial charge < -0.3 is 10.2 Å². The predicted molar refractivity (Wildman–Crippen MR) is 81.6 cm³/mol. The molecule has 1 aromatic carbocycles. The number of aryl methyl sites for hydroxylation is 1. The molecule has 0 bridgehead atoms. The van der Waals surface area contributed by atoms with Crippen molar-refractivity contribution in [2.75, 3.05) is 0 Å². The third-order valence-corrected chi connectivity index (χ3v) is 2.83. The minimum Gasteiger partial charge on any atom is -0.508 e. The Kier molecular flexibility index (Phi) is 10.4. The zero-order valence-corrected chi connectivity index (χ0v) is 12.2. The number of aliphatic hydroxyl groups is 1. The molecule has 0 unspecified atom stereocenters. The summed E-state index contributed by atoms with van der Waals surface area (Å²) in [7, 11) is 0. The van der Waals surface area contributed by atoms with Crippen LogP contribution in [0.5, 0.6) is 5.75 Å². The number of rotatable bonds is 6. The number of thiocarbonyl (C=S) groups is 1. The zero-order valence-electron chi connectivity index (χ0n) is 11.4. The van der Waals surface area contributed by atoms with Crippen molar-refractivity contribution in [2.45, 2.75) is 52.4 Å². The van der Waals surface area contributed by atoms with Gasteiger partial charge in [0.05, 0.1) is 0 Å². The summed E-state index contributed by atoms with van der Waals surface area (Å²) in [6, 6.07) is 5.91. The lowest BCUT2D eigenvalue weighted by molar-refractivity contribution is 0.465. The maximum atomic E-state index is 9.82. The number of phenolic OH excluding ortho intramolecular Hbond substituents is 1. The summed E-state index contributed by atoms with van der Waals surface area (Å²) in [6.07, 6.45) is 6.88. The molecule has 1 rings (SSSR count). The van der Waals surface area contributed by atoms with E-state index < -0.39 is 0 Å². The fraction of sp³-hybridized carbons (Fsp3) is 0.533. The fourth-order valence-corrected chi connectivity index (χ4v) is 1.86. The molecule has 102 valence electrons. The molecule has 0 amide bonds. The average Bonchev–Trinajstić information content (AvgIpc) is 2.36. The molecule has 18 heavy (non-hydrogen) atoms. The van der Waals surface area contributed by atoms with Crippen molar-refractivity contribution in [3.63, 3.8) is 0 Å². The highest BCUT2D eigenvalue weighted by atomic mass is 32.1. The number of hydrogen-bond donors (Lipinski definition) is 2. The third-order valence-electron chi connectivity index (χ3n) is 2.83. The van der Waals surface area contributed by atoms with Crippen LogP contribution in [-0.4, -0.2) is 15.8 Å². The van der Waals surface area contributed by atoms with Gasteiger partial charge in [0.25, 0.3) is 0 Å². The summed E-state index contributed by atoms with van der Waals surface area (Å²) < 4.78 is 0. The number of phenols is 1. The van der Waals surface area contributed by atoms with E-state index in [0.717, 1.165) is 19.3 Å². The molecule has 2 N–H and O–H groups in total. The molecule has 1 aromatic rings. The van der Waals surface area contributed by atoms with Crippen molar-refractivity contribution >= 4 is 17.8 Å². The van der Waals surface area contributed by atoms with Gasteiger partial charge in [-0.3, -0.25) is 0 Å². The molecule has 0 atom stereocenters. The van der Waals surface area contributed by atoms with E-state index in [1.807, 2.05) is 6.07 Å². The topological polar surface area (TPSA) is 40.5 Å². The Bertz CT molecular complexity index is 337. The largest absolute Gasteiger partial charge is 0.508 e. The number of hydrogen-bond acceptors (Lipinski definition) is 2. The minimum absolute atomic E-state index is 0.483. The highest BCUT2D eigenvalue weighted by Gasteiger charge is 2.06. The van der Waals surface area contributed by atoms with Gasteiger partial charge in [-0.05, 0) is 55.1 Å². The van der Waals surface area contributed by atoms with E-state index in [1.54, 1.807) is 6.07 Å². The Balaban J connectivity index is 0.000000873. The summed E-state index contributed by atoms with van der Waals surface area (Å²) in [5.74, 6) is 0.483. The van der Waals surface area contributed by atoms with Gasteiger partial charge in [0.2, 0.25) is 0 Å². The quantitative estimate of drug-likeness (QED) is 0.742. The number of aliphatic hydroxyl groups excluding tert-OH is 1. The van der Waals surface area contributed by atoms with Gasteiger partial charge in [-0.1, -0.05) is 38.8 Å². The van der Waals surface area contributed by atoms with E-state index in [9.17, 15) is 5.11 Å². The first kappa shape index (κ1) is 16.9. The predicted octanol–water partition coefficient (Wildman–Crippen LogP) is 4.58. The monoisotopic (exact) mass is 268 g/mol. The Morgan fingerprint density at radius 3 is 2.22 bits per heavy atom. The van der Waals surface area contributed by atoms with E-state index in [-0.39, 0.29) is 0 Å². The van der Waals surface area contributed by atoms with Gasteiger partial charge in [-0.15, -0.1) is 0 Å². The number of unbranched alkanes of at least 4 members (excludes halogenated alkanes) is 2. The Morgan fingerprint density at radius 2 is 1.67 bits per heavy atom. The summed E-state index contributed by atoms with van der Waals surface area (Å²) in [5, 5.41) is 17.1. The molecule has 0 fully saturated rings. The highest BCUT2D eigenvalue weighted by Crippen LogP contribution is 2.24. The Morgan fingerprint density at radius 1 is 1.11 bits per heavy atom. The molecule has 0 saturated heterocycles. The molecule has 0 aromatic heterocycles. The Hall–Kier alpha value is -1.09. The van der Waals surface area contributed by atoms with Gasteiger partial charge in [0.1, 0.15) is 11.3 Å². The zero-order chi connectivity index (χ0) is 13.8. The SMILES string of the molecule is CCCCc1cccc(O)c1CCCC.OC=S. The van der Waals surface area contributed by atoms with Crippen LogP contribution in [0.25, 0.3) is 0 Å². The molecule has 0 aliphatic heterocycles. The van der Waals surface area contributed by atoms with Crippen LogP contribution in [0.15, 0.2) is 18.2 Å². The second-order valence-corrected chi connectivity index (χ2v) is 4.44. The van der Waals surface area contributed by atoms with E-state index in [1.165, 1.54) is 30.4 Å².